The van der Waals surface area contributed by atoms with E-state index in [4.69, 9.17) is 0 Å². The normalized spacial score (nSPS) is 11.5. The molecule has 36 heavy (non-hydrogen) atoms. The Hall–Kier alpha value is -4.21. The number of aryl methyl sites for hydroxylation is 3. The maximum Gasteiger partial charge on any atom is 0.416 e. The summed E-state index contributed by atoms with van der Waals surface area (Å²) in [6.07, 6.45) is -4.02. The van der Waals surface area contributed by atoms with E-state index in [9.17, 15) is 22.8 Å². The number of carbonyl (C=O) groups excluding carboxylic acids is 1. The predicted molar refractivity (Wildman–Crippen MR) is 129 cm³/mol. The van der Waals surface area contributed by atoms with Crippen LogP contribution in [0.25, 0.3) is 11.4 Å². The number of nitrogens with zero attached hydrogens (tertiary/aromatic N) is 4. The molecule has 2 heterocycles. The van der Waals surface area contributed by atoms with Crippen LogP contribution < -0.4 is 10.7 Å². The standard InChI is InChI=1S/C26H24F3N5O2/c1-16-13-17(2)33(31-16)21-9-7-19(8-10-21)11-12-30-25(36)24-23(35)14-18(3)34(32-24)22-6-4-5-20(15-22)26(27,28)29/h4-10,13-15H,11-12H2,1-3H3,(H,30,36). The molecule has 186 valence electrons. The number of halogens is 3. The highest BCUT2D eigenvalue weighted by Crippen LogP contribution is 2.30. The molecule has 2 aromatic heterocycles. The second-order valence-corrected chi connectivity index (χ2v) is 8.47. The van der Waals surface area contributed by atoms with Crippen molar-refractivity contribution in [2.45, 2.75) is 33.4 Å². The van der Waals surface area contributed by atoms with E-state index in [1.807, 2.05) is 48.9 Å². The number of carbonyl (C=O) groups is 1. The second-order valence-electron chi connectivity index (χ2n) is 8.47. The number of alkyl halides is 3. The first-order chi connectivity index (χ1) is 17.0. The van der Waals surface area contributed by atoms with Gasteiger partial charge in [-0.15, -0.1) is 0 Å². The molecule has 0 aliphatic rings. The molecule has 10 heteroatoms. The first kappa shape index (κ1) is 24.9. The van der Waals surface area contributed by atoms with Crippen molar-refractivity contribution < 1.29 is 18.0 Å². The lowest BCUT2D eigenvalue weighted by Crippen LogP contribution is -2.33. The zero-order valence-electron chi connectivity index (χ0n) is 19.9. The molecule has 4 rings (SSSR count). The summed E-state index contributed by atoms with van der Waals surface area (Å²) in [7, 11) is 0. The van der Waals surface area contributed by atoms with Crippen LogP contribution in [0, 0.1) is 20.8 Å². The van der Waals surface area contributed by atoms with Crippen LogP contribution in [-0.4, -0.2) is 32.0 Å². The fourth-order valence-corrected chi connectivity index (χ4v) is 3.88. The number of hydrogen-bond donors (Lipinski definition) is 1. The van der Waals surface area contributed by atoms with Crippen molar-refractivity contribution in [2.24, 2.45) is 0 Å². The molecule has 2 aromatic carbocycles. The third kappa shape index (κ3) is 5.37. The molecule has 0 fully saturated rings. The highest BCUT2D eigenvalue weighted by Gasteiger charge is 2.30. The van der Waals surface area contributed by atoms with E-state index in [0.29, 0.717) is 12.1 Å². The molecule has 0 atom stereocenters. The van der Waals surface area contributed by atoms with E-state index in [2.05, 4.69) is 15.5 Å². The number of hydrogen-bond acceptors (Lipinski definition) is 4. The Kier molecular flexibility index (Phi) is 6.78. The van der Waals surface area contributed by atoms with Crippen molar-refractivity contribution >= 4 is 5.91 Å². The third-order valence-electron chi connectivity index (χ3n) is 5.63. The number of aromatic nitrogens is 4. The Balaban J connectivity index is 1.46. The fraction of sp³-hybridized carbons (Fsp3) is 0.231. The number of benzene rings is 2. The number of nitrogens with one attached hydrogen (secondary N) is 1. The molecule has 0 aliphatic heterocycles. The fourth-order valence-electron chi connectivity index (χ4n) is 3.88. The minimum atomic E-state index is -4.53. The molecule has 0 saturated heterocycles. The summed E-state index contributed by atoms with van der Waals surface area (Å²) in [5, 5.41) is 11.2. The van der Waals surface area contributed by atoms with Gasteiger partial charge in [0.05, 0.1) is 22.6 Å². The maximum atomic E-state index is 13.1. The molecule has 1 N–H and O–H groups in total. The Labute approximate surface area is 205 Å². The molecule has 0 spiro atoms. The minimum Gasteiger partial charge on any atom is -0.350 e. The SMILES string of the molecule is Cc1cc(C)n(-c2ccc(CCNC(=O)c3nn(-c4cccc(C(F)(F)F)c4)c(C)cc3=O)cc2)n1. The van der Waals surface area contributed by atoms with Gasteiger partial charge in [0.1, 0.15) is 0 Å². The molecule has 0 saturated carbocycles. The summed E-state index contributed by atoms with van der Waals surface area (Å²) in [6.45, 7) is 5.68. The Morgan fingerprint density at radius 1 is 0.889 bits per heavy atom. The van der Waals surface area contributed by atoms with Crippen molar-refractivity contribution in [3.8, 4) is 11.4 Å². The molecule has 0 bridgehead atoms. The van der Waals surface area contributed by atoms with Crippen molar-refractivity contribution in [1.82, 2.24) is 24.9 Å². The first-order valence-corrected chi connectivity index (χ1v) is 11.2. The molecular formula is C26H24F3N5O2. The average molecular weight is 496 g/mol. The molecule has 0 radical (unpaired) electrons. The van der Waals surface area contributed by atoms with Crippen LogP contribution in [0.1, 0.15) is 38.7 Å². The monoisotopic (exact) mass is 495 g/mol. The zero-order chi connectivity index (χ0) is 26.0. The van der Waals surface area contributed by atoms with Gasteiger partial charge in [-0.2, -0.15) is 23.4 Å². The lowest BCUT2D eigenvalue weighted by molar-refractivity contribution is -0.137. The smallest absolute Gasteiger partial charge is 0.350 e. The summed E-state index contributed by atoms with van der Waals surface area (Å²) in [5.41, 5.74) is 2.39. The Morgan fingerprint density at radius 2 is 1.56 bits per heavy atom. The van der Waals surface area contributed by atoms with Crippen molar-refractivity contribution in [3.05, 3.63) is 105 Å². The summed E-state index contributed by atoms with van der Waals surface area (Å²) >= 11 is 0. The Bertz CT molecular complexity index is 1470. The van der Waals surface area contributed by atoms with E-state index in [1.54, 1.807) is 0 Å². The lowest BCUT2D eigenvalue weighted by Gasteiger charge is -2.13. The number of rotatable bonds is 6. The summed E-state index contributed by atoms with van der Waals surface area (Å²) in [6, 6.07) is 15.4. The van der Waals surface area contributed by atoms with Gasteiger partial charge in [-0.1, -0.05) is 18.2 Å². The lowest BCUT2D eigenvalue weighted by atomic mass is 10.1. The molecule has 1 amide bonds. The quantitative estimate of drug-likeness (QED) is 0.432. The van der Waals surface area contributed by atoms with E-state index in [-0.39, 0.29) is 12.2 Å². The highest BCUT2D eigenvalue weighted by molar-refractivity contribution is 5.92. The predicted octanol–water partition coefficient (Wildman–Crippen LogP) is 4.33. The minimum absolute atomic E-state index is 0.0964. The topological polar surface area (TPSA) is 81.8 Å². The van der Waals surface area contributed by atoms with Gasteiger partial charge in [0.15, 0.2) is 5.69 Å². The highest BCUT2D eigenvalue weighted by atomic mass is 19.4. The van der Waals surface area contributed by atoms with Gasteiger partial charge < -0.3 is 5.32 Å². The van der Waals surface area contributed by atoms with Crippen LogP contribution in [0.2, 0.25) is 0 Å². The molecular weight excluding hydrogens is 471 g/mol. The van der Waals surface area contributed by atoms with E-state index in [1.165, 1.54) is 25.1 Å². The number of amides is 1. The second kappa shape index (κ2) is 9.80. The van der Waals surface area contributed by atoms with Gasteiger partial charge >= 0.3 is 6.18 Å². The Morgan fingerprint density at radius 3 is 2.19 bits per heavy atom. The van der Waals surface area contributed by atoms with Gasteiger partial charge in [0.2, 0.25) is 5.43 Å². The van der Waals surface area contributed by atoms with Gasteiger partial charge in [0.25, 0.3) is 5.91 Å². The largest absolute Gasteiger partial charge is 0.416 e. The van der Waals surface area contributed by atoms with Crippen LogP contribution in [0.3, 0.4) is 0 Å². The van der Waals surface area contributed by atoms with Gasteiger partial charge in [-0.3, -0.25) is 9.59 Å². The van der Waals surface area contributed by atoms with Gasteiger partial charge in [-0.25, -0.2) is 9.36 Å². The molecule has 4 aromatic rings. The van der Waals surface area contributed by atoms with Gasteiger partial charge in [-0.05, 0) is 69.2 Å². The summed E-state index contributed by atoms with van der Waals surface area (Å²) in [4.78, 5) is 25.1. The summed E-state index contributed by atoms with van der Waals surface area (Å²) < 4.78 is 42.3. The third-order valence-corrected chi connectivity index (χ3v) is 5.63. The van der Waals surface area contributed by atoms with Crippen LogP contribution in [0.4, 0.5) is 13.2 Å². The van der Waals surface area contributed by atoms with E-state index < -0.39 is 28.8 Å². The van der Waals surface area contributed by atoms with E-state index >= 15 is 0 Å². The van der Waals surface area contributed by atoms with E-state index in [0.717, 1.165) is 39.5 Å². The molecule has 7 nitrogen and oxygen atoms in total. The zero-order valence-corrected chi connectivity index (χ0v) is 19.9. The maximum absolute atomic E-state index is 13.1. The van der Waals surface area contributed by atoms with Crippen LogP contribution in [0.5, 0.6) is 0 Å². The molecule has 0 aliphatic carbocycles. The average Bonchev–Trinajstić information content (AvgIpc) is 3.16. The first-order valence-electron chi connectivity index (χ1n) is 11.2. The van der Waals surface area contributed by atoms with Crippen molar-refractivity contribution in [2.75, 3.05) is 6.54 Å². The van der Waals surface area contributed by atoms with Crippen LogP contribution >= 0.6 is 0 Å². The van der Waals surface area contributed by atoms with Crippen molar-refractivity contribution in [1.29, 1.82) is 0 Å². The summed E-state index contributed by atoms with van der Waals surface area (Å²) in [5.74, 6) is -0.694. The van der Waals surface area contributed by atoms with Crippen molar-refractivity contribution in [3.63, 3.8) is 0 Å². The van der Waals surface area contributed by atoms with Crippen LogP contribution in [-0.2, 0) is 12.6 Å². The molecule has 0 unspecified atom stereocenters. The van der Waals surface area contributed by atoms with Gasteiger partial charge in [0, 0.05) is 24.0 Å². The van der Waals surface area contributed by atoms with Crippen LogP contribution in [0.15, 0.2) is 65.5 Å².